The summed E-state index contributed by atoms with van der Waals surface area (Å²) in [4.78, 5) is 23.3. The molecular weight excluding hydrogens is 384 g/mol. The maximum Gasteiger partial charge on any atom is 0.327 e. The highest BCUT2D eigenvalue weighted by Crippen LogP contribution is 2.33. The second kappa shape index (κ2) is 10.1. The van der Waals surface area contributed by atoms with Gasteiger partial charge in [-0.3, -0.25) is 9.59 Å². The normalized spacial score (nSPS) is 19.4. The number of ether oxygens (including phenoxy) is 2. The van der Waals surface area contributed by atoms with Gasteiger partial charge in [0.2, 0.25) is 0 Å². The number of alkyl halides is 4. The van der Waals surface area contributed by atoms with E-state index in [1.54, 1.807) is 0 Å². The molecule has 0 spiro atoms. The van der Waals surface area contributed by atoms with Crippen molar-refractivity contribution in [2.45, 2.75) is 37.5 Å². The molecule has 0 unspecified atom stereocenters. The maximum atomic E-state index is 14.0. The second-order valence-corrected chi connectivity index (χ2v) is 6.74. The summed E-state index contributed by atoms with van der Waals surface area (Å²) in [6.45, 7) is 0.00195. The average molecular weight is 408 g/mol. The Bertz CT molecular complexity index is 556. The number of halogens is 4. The van der Waals surface area contributed by atoms with E-state index in [1.165, 1.54) is 0 Å². The first-order valence-electron chi connectivity index (χ1n) is 9.19. The molecular formula is C18H24F4N2O4. The topological polar surface area (TPSA) is 76.7 Å². The van der Waals surface area contributed by atoms with E-state index >= 15 is 0 Å². The van der Waals surface area contributed by atoms with Crippen LogP contribution in [0.5, 0.6) is 0 Å². The van der Waals surface area contributed by atoms with E-state index in [2.05, 4.69) is 11.8 Å². The monoisotopic (exact) mass is 408 g/mol. The summed E-state index contributed by atoms with van der Waals surface area (Å²) >= 11 is 0. The molecule has 0 aromatic heterocycles. The van der Waals surface area contributed by atoms with Crippen molar-refractivity contribution in [3.8, 4) is 11.8 Å². The number of hydrogen-bond acceptors (Lipinski definition) is 4. The summed E-state index contributed by atoms with van der Waals surface area (Å²) in [5, 5.41) is 4.02. The van der Waals surface area contributed by atoms with E-state index in [0.717, 1.165) is 0 Å². The van der Waals surface area contributed by atoms with Gasteiger partial charge in [0.25, 0.3) is 11.8 Å². The van der Waals surface area contributed by atoms with E-state index in [1.807, 2.05) is 10.6 Å². The maximum absolute atomic E-state index is 14.0. The smallest absolute Gasteiger partial charge is 0.327 e. The molecule has 2 saturated heterocycles. The Kier molecular flexibility index (Phi) is 8.07. The third-order valence-electron chi connectivity index (χ3n) is 4.87. The van der Waals surface area contributed by atoms with E-state index in [4.69, 9.17) is 9.47 Å². The standard InChI is InChI=1S/C18H24F4N2O4/c19-17(20,13-3-9-27-10-4-13)15(25)23-7-1-2-8-24-16(26)18(21,22)14-5-11-28-12-6-14/h13-14H,3-12H2,(H,23,25)(H,24,26). The van der Waals surface area contributed by atoms with Gasteiger partial charge in [-0.1, -0.05) is 11.8 Å². The molecule has 2 amide bonds. The van der Waals surface area contributed by atoms with Crippen LogP contribution in [0.25, 0.3) is 0 Å². The second-order valence-electron chi connectivity index (χ2n) is 6.74. The van der Waals surface area contributed by atoms with E-state index < -0.39 is 35.5 Å². The molecule has 0 saturated carbocycles. The van der Waals surface area contributed by atoms with E-state index in [9.17, 15) is 27.2 Å². The Morgan fingerprint density at radius 1 is 0.750 bits per heavy atom. The molecule has 0 radical (unpaired) electrons. The van der Waals surface area contributed by atoms with Gasteiger partial charge in [-0.2, -0.15) is 17.6 Å². The molecule has 158 valence electrons. The molecule has 0 atom stereocenters. The molecule has 2 aliphatic rings. The molecule has 2 aliphatic heterocycles. The van der Waals surface area contributed by atoms with Crippen LogP contribution in [0.3, 0.4) is 0 Å². The van der Waals surface area contributed by atoms with Crippen LogP contribution in [0, 0.1) is 23.7 Å². The van der Waals surface area contributed by atoms with Gasteiger partial charge < -0.3 is 20.1 Å². The van der Waals surface area contributed by atoms with Crippen molar-refractivity contribution in [3.63, 3.8) is 0 Å². The third kappa shape index (κ3) is 5.82. The van der Waals surface area contributed by atoms with Crippen molar-refractivity contribution in [1.29, 1.82) is 0 Å². The van der Waals surface area contributed by atoms with E-state index in [-0.39, 0.29) is 65.2 Å². The highest BCUT2D eigenvalue weighted by molar-refractivity contribution is 5.84. The molecule has 2 fully saturated rings. The molecule has 6 nitrogen and oxygen atoms in total. The van der Waals surface area contributed by atoms with Crippen LogP contribution < -0.4 is 10.6 Å². The fraction of sp³-hybridized carbons (Fsp3) is 0.778. The van der Waals surface area contributed by atoms with Crippen LogP contribution in [0.2, 0.25) is 0 Å². The summed E-state index contributed by atoms with van der Waals surface area (Å²) < 4.78 is 66.1. The largest absolute Gasteiger partial charge is 0.381 e. The number of hydrogen-bond donors (Lipinski definition) is 2. The lowest BCUT2D eigenvalue weighted by Crippen LogP contribution is -2.47. The van der Waals surface area contributed by atoms with Crippen molar-refractivity contribution < 1.29 is 36.6 Å². The number of rotatable bonds is 6. The molecule has 2 rings (SSSR count). The summed E-state index contributed by atoms with van der Waals surface area (Å²) in [5.74, 6) is -7.35. The highest BCUT2D eigenvalue weighted by Gasteiger charge is 2.48. The van der Waals surface area contributed by atoms with Gasteiger partial charge >= 0.3 is 11.8 Å². The van der Waals surface area contributed by atoms with Crippen LogP contribution in [0.1, 0.15) is 25.7 Å². The van der Waals surface area contributed by atoms with E-state index in [0.29, 0.717) is 0 Å². The minimum atomic E-state index is -3.52. The summed E-state index contributed by atoms with van der Waals surface area (Å²) in [5.41, 5.74) is 0. The third-order valence-corrected chi connectivity index (χ3v) is 4.87. The zero-order valence-electron chi connectivity index (χ0n) is 15.4. The highest BCUT2D eigenvalue weighted by atomic mass is 19.3. The molecule has 10 heteroatoms. The van der Waals surface area contributed by atoms with Crippen molar-refractivity contribution in [2.24, 2.45) is 11.8 Å². The van der Waals surface area contributed by atoms with Crippen LogP contribution in [0.4, 0.5) is 17.6 Å². The summed E-state index contributed by atoms with van der Waals surface area (Å²) in [6, 6.07) is 0. The predicted octanol–water partition coefficient (Wildman–Crippen LogP) is 1.35. The minimum absolute atomic E-state index is 0.0967. The Balaban J connectivity index is 1.71. The molecule has 2 heterocycles. The predicted molar refractivity (Wildman–Crippen MR) is 90.8 cm³/mol. The number of nitrogens with one attached hydrogen (secondary N) is 2. The Hall–Kier alpha value is -1.86. The lowest BCUT2D eigenvalue weighted by atomic mass is 9.92. The Morgan fingerprint density at radius 3 is 1.39 bits per heavy atom. The van der Waals surface area contributed by atoms with Crippen molar-refractivity contribution in [1.82, 2.24) is 10.6 Å². The zero-order valence-corrected chi connectivity index (χ0v) is 15.4. The lowest BCUT2D eigenvalue weighted by molar-refractivity contribution is -0.159. The van der Waals surface area contributed by atoms with Gasteiger partial charge in [0.1, 0.15) is 0 Å². The van der Waals surface area contributed by atoms with Crippen molar-refractivity contribution in [2.75, 3.05) is 39.5 Å². The van der Waals surface area contributed by atoms with Crippen LogP contribution in [-0.2, 0) is 19.1 Å². The summed E-state index contributed by atoms with van der Waals surface area (Å²) in [6.07, 6.45) is 0.387. The van der Waals surface area contributed by atoms with Crippen LogP contribution in [0.15, 0.2) is 0 Å². The van der Waals surface area contributed by atoms with Crippen LogP contribution >= 0.6 is 0 Å². The molecule has 0 aliphatic carbocycles. The zero-order chi connectivity index (χ0) is 20.6. The van der Waals surface area contributed by atoms with Gasteiger partial charge in [0.15, 0.2) is 0 Å². The molecule has 0 bridgehead atoms. The van der Waals surface area contributed by atoms with Gasteiger partial charge in [0.05, 0.1) is 13.1 Å². The molecule has 2 N–H and O–H groups in total. The van der Waals surface area contributed by atoms with Gasteiger partial charge in [-0.05, 0) is 25.7 Å². The number of amides is 2. The number of carbonyl (C=O) groups excluding carboxylic acids is 2. The SMILES string of the molecule is O=C(NCC#CCNC(=O)C(F)(F)C1CCOCC1)C(F)(F)C1CCOCC1. The Morgan fingerprint density at radius 2 is 1.07 bits per heavy atom. The lowest BCUT2D eigenvalue weighted by Gasteiger charge is -2.28. The van der Waals surface area contributed by atoms with Gasteiger partial charge in [-0.15, -0.1) is 0 Å². The fourth-order valence-corrected chi connectivity index (χ4v) is 3.10. The van der Waals surface area contributed by atoms with Crippen molar-refractivity contribution >= 4 is 11.8 Å². The number of carbonyl (C=O) groups is 2. The first kappa shape index (κ1) is 22.4. The van der Waals surface area contributed by atoms with Crippen molar-refractivity contribution in [3.05, 3.63) is 0 Å². The first-order chi connectivity index (χ1) is 13.3. The average Bonchev–Trinajstić information content (AvgIpc) is 2.71. The Labute approximate surface area is 160 Å². The molecule has 0 aromatic carbocycles. The summed E-state index contributed by atoms with van der Waals surface area (Å²) in [7, 11) is 0. The van der Waals surface area contributed by atoms with Crippen LogP contribution in [-0.4, -0.2) is 63.2 Å². The minimum Gasteiger partial charge on any atom is -0.381 e. The molecule has 28 heavy (non-hydrogen) atoms. The van der Waals surface area contributed by atoms with Gasteiger partial charge in [-0.25, -0.2) is 0 Å². The van der Waals surface area contributed by atoms with Gasteiger partial charge in [0, 0.05) is 38.3 Å². The first-order valence-corrected chi connectivity index (χ1v) is 9.19. The molecule has 0 aromatic rings. The fourth-order valence-electron chi connectivity index (χ4n) is 3.10. The quantitative estimate of drug-likeness (QED) is 0.514.